The van der Waals surface area contributed by atoms with E-state index >= 15 is 0 Å². The predicted molar refractivity (Wildman–Crippen MR) is 98.6 cm³/mol. The van der Waals surface area contributed by atoms with Crippen LogP contribution in [-0.2, 0) is 17.8 Å². The van der Waals surface area contributed by atoms with Crippen LogP contribution in [0.3, 0.4) is 0 Å². The van der Waals surface area contributed by atoms with Crippen LogP contribution in [-0.4, -0.2) is 39.1 Å². The van der Waals surface area contributed by atoms with Crippen LogP contribution in [0.25, 0.3) is 0 Å². The van der Waals surface area contributed by atoms with Crippen molar-refractivity contribution >= 4 is 11.6 Å². The van der Waals surface area contributed by atoms with Crippen LogP contribution in [0.4, 0.5) is 5.69 Å². The molecule has 0 aliphatic carbocycles. The summed E-state index contributed by atoms with van der Waals surface area (Å²) >= 11 is 0. The molecule has 0 N–H and O–H groups in total. The minimum Gasteiger partial charge on any atom is -0.497 e. The number of benzene rings is 2. The quantitative estimate of drug-likeness (QED) is 0.782. The van der Waals surface area contributed by atoms with Crippen molar-refractivity contribution in [1.82, 2.24) is 4.90 Å². The molecule has 4 heteroatoms. The van der Waals surface area contributed by atoms with Crippen molar-refractivity contribution in [1.29, 1.82) is 0 Å². The second kappa shape index (κ2) is 8.39. The Balaban J connectivity index is 1.87. The number of amides is 1. The van der Waals surface area contributed by atoms with Gasteiger partial charge in [-0.15, -0.1) is 0 Å². The molecule has 2 aromatic carbocycles. The summed E-state index contributed by atoms with van der Waals surface area (Å²) in [6.07, 6.45) is 1.22. The van der Waals surface area contributed by atoms with Gasteiger partial charge >= 0.3 is 0 Å². The van der Waals surface area contributed by atoms with Gasteiger partial charge in [-0.25, -0.2) is 0 Å². The molecule has 0 unspecified atom stereocenters. The predicted octanol–water partition coefficient (Wildman–Crippen LogP) is 3.35. The number of ether oxygens (including phenoxy) is 1. The standard InChI is InChI=1S/C20H26N2O2/c1-21(2)18-11-8-17(9-12-18)15-22(3)20(23)13-10-16-6-5-7-19(14-16)24-4/h5-9,11-12,14H,10,13,15H2,1-4H3. The maximum Gasteiger partial charge on any atom is 0.222 e. The highest BCUT2D eigenvalue weighted by molar-refractivity contribution is 5.76. The van der Waals surface area contributed by atoms with Gasteiger partial charge in [-0.3, -0.25) is 4.79 Å². The third kappa shape index (κ3) is 5.01. The fourth-order valence-electron chi connectivity index (χ4n) is 2.53. The van der Waals surface area contributed by atoms with Gasteiger partial charge in [0.15, 0.2) is 0 Å². The molecule has 0 spiro atoms. The smallest absolute Gasteiger partial charge is 0.222 e. The van der Waals surface area contributed by atoms with Crippen LogP contribution in [0, 0.1) is 0 Å². The molecule has 0 atom stereocenters. The summed E-state index contributed by atoms with van der Waals surface area (Å²) in [6.45, 7) is 0.630. The Morgan fingerprint density at radius 1 is 1.00 bits per heavy atom. The Bertz CT molecular complexity index is 666. The van der Waals surface area contributed by atoms with Crippen LogP contribution in [0.5, 0.6) is 5.75 Å². The SMILES string of the molecule is COc1cccc(CCC(=O)N(C)Cc2ccc(N(C)C)cc2)c1. The average molecular weight is 326 g/mol. The monoisotopic (exact) mass is 326 g/mol. The van der Waals surface area contributed by atoms with Gasteiger partial charge in [0.1, 0.15) is 5.75 Å². The Labute approximate surface area is 144 Å². The van der Waals surface area contributed by atoms with E-state index in [2.05, 4.69) is 29.2 Å². The van der Waals surface area contributed by atoms with Gasteiger partial charge in [0, 0.05) is 39.8 Å². The minimum absolute atomic E-state index is 0.148. The molecular formula is C20H26N2O2. The van der Waals surface area contributed by atoms with Crippen LogP contribution in [0.1, 0.15) is 17.5 Å². The van der Waals surface area contributed by atoms with Crippen LogP contribution < -0.4 is 9.64 Å². The highest BCUT2D eigenvalue weighted by Crippen LogP contribution is 2.16. The fraction of sp³-hybridized carbons (Fsp3) is 0.350. The number of carbonyl (C=O) groups excluding carboxylic acids is 1. The minimum atomic E-state index is 0.148. The topological polar surface area (TPSA) is 32.8 Å². The molecule has 4 nitrogen and oxygen atoms in total. The highest BCUT2D eigenvalue weighted by Gasteiger charge is 2.10. The van der Waals surface area contributed by atoms with Gasteiger partial charge in [0.05, 0.1) is 7.11 Å². The number of nitrogens with zero attached hydrogens (tertiary/aromatic N) is 2. The van der Waals surface area contributed by atoms with Gasteiger partial charge in [-0.05, 0) is 41.8 Å². The van der Waals surface area contributed by atoms with E-state index < -0.39 is 0 Å². The highest BCUT2D eigenvalue weighted by atomic mass is 16.5. The first-order valence-corrected chi connectivity index (χ1v) is 8.12. The lowest BCUT2D eigenvalue weighted by Gasteiger charge is -2.18. The van der Waals surface area contributed by atoms with E-state index in [1.807, 2.05) is 45.4 Å². The van der Waals surface area contributed by atoms with Crippen molar-refractivity contribution in [3.8, 4) is 5.75 Å². The zero-order valence-corrected chi connectivity index (χ0v) is 15.0. The van der Waals surface area contributed by atoms with Crippen LogP contribution >= 0.6 is 0 Å². The lowest BCUT2D eigenvalue weighted by atomic mass is 10.1. The third-order valence-electron chi connectivity index (χ3n) is 4.06. The number of hydrogen-bond acceptors (Lipinski definition) is 3. The molecule has 128 valence electrons. The van der Waals surface area contributed by atoms with Crippen molar-refractivity contribution < 1.29 is 9.53 Å². The van der Waals surface area contributed by atoms with E-state index in [1.165, 1.54) is 0 Å². The zero-order valence-electron chi connectivity index (χ0n) is 15.0. The summed E-state index contributed by atoms with van der Waals surface area (Å²) in [5, 5.41) is 0. The Hall–Kier alpha value is -2.49. The first-order chi connectivity index (χ1) is 11.5. The summed E-state index contributed by atoms with van der Waals surface area (Å²) in [6, 6.07) is 16.2. The van der Waals surface area contributed by atoms with Crippen LogP contribution in [0.2, 0.25) is 0 Å². The molecule has 0 saturated heterocycles. The Morgan fingerprint density at radius 3 is 2.33 bits per heavy atom. The summed E-state index contributed by atoms with van der Waals surface area (Å²) in [4.78, 5) is 16.2. The maximum absolute atomic E-state index is 12.3. The van der Waals surface area contributed by atoms with Crippen molar-refractivity contribution in [2.24, 2.45) is 0 Å². The molecule has 24 heavy (non-hydrogen) atoms. The molecule has 0 saturated carbocycles. The molecule has 0 aliphatic rings. The Kier molecular flexibility index (Phi) is 6.24. The van der Waals surface area contributed by atoms with Gasteiger partial charge in [-0.2, -0.15) is 0 Å². The Morgan fingerprint density at radius 2 is 1.71 bits per heavy atom. The maximum atomic E-state index is 12.3. The van der Waals surface area contributed by atoms with E-state index in [1.54, 1.807) is 12.0 Å². The molecule has 0 heterocycles. The largest absolute Gasteiger partial charge is 0.497 e. The number of aryl methyl sites for hydroxylation is 1. The molecule has 0 aromatic heterocycles. The van der Waals surface area contributed by atoms with Crippen molar-refractivity contribution in [2.45, 2.75) is 19.4 Å². The van der Waals surface area contributed by atoms with Crippen molar-refractivity contribution in [3.63, 3.8) is 0 Å². The third-order valence-corrected chi connectivity index (χ3v) is 4.06. The van der Waals surface area contributed by atoms with Gasteiger partial charge < -0.3 is 14.5 Å². The van der Waals surface area contributed by atoms with Crippen molar-refractivity contribution in [2.75, 3.05) is 33.2 Å². The molecule has 2 rings (SSSR count). The van der Waals surface area contributed by atoms with E-state index in [0.29, 0.717) is 13.0 Å². The summed E-state index contributed by atoms with van der Waals surface area (Å²) in [5.74, 6) is 0.976. The van der Waals surface area contributed by atoms with Crippen LogP contribution in [0.15, 0.2) is 48.5 Å². The number of carbonyl (C=O) groups is 1. The number of rotatable bonds is 7. The van der Waals surface area contributed by atoms with Gasteiger partial charge in [-0.1, -0.05) is 24.3 Å². The molecule has 0 fully saturated rings. The molecule has 0 bridgehead atoms. The number of hydrogen-bond donors (Lipinski definition) is 0. The van der Waals surface area contributed by atoms with E-state index in [0.717, 1.165) is 29.0 Å². The second-order valence-electron chi connectivity index (χ2n) is 6.16. The van der Waals surface area contributed by atoms with E-state index in [9.17, 15) is 4.79 Å². The molecule has 1 amide bonds. The normalized spacial score (nSPS) is 10.3. The van der Waals surface area contributed by atoms with E-state index in [-0.39, 0.29) is 5.91 Å². The summed E-state index contributed by atoms with van der Waals surface area (Å²) in [5.41, 5.74) is 3.41. The lowest BCUT2D eigenvalue weighted by Crippen LogP contribution is -2.26. The number of methoxy groups -OCH3 is 1. The summed E-state index contributed by atoms with van der Waals surface area (Å²) in [7, 11) is 7.54. The van der Waals surface area contributed by atoms with Gasteiger partial charge in [0.25, 0.3) is 0 Å². The molecule has 2 aromatic rings. The summed E-state index contributed by atoms with van der Waals surface area (Å²) < 4.78 is 5.22. The second-order valence-corrected chi connectivity index (χ2v) is 6.16. The van der Waals surface area contributed by atoms with Gasteiger partial charge in [0.2, 0.25) is 5.91 Å². The number of anilines is 1. The lowest BCUT2D eigenvalue weighted by molar-refractivity contribution is -0.130. The van der Waals surface area contributed by atoms with E-state index in [4.69, 9.17) is 4.74 Å². The fourth-order valence-corrected chi connectivity index (χ4v) is 2.53. The average Bonchev–Trinajstić information content (AvgIpc) is 2.60. The van der Waals surface area contributed by atoms with Crippen molar-refractivity contribution in [3.05, 3.63) is 59.7 Å². The zero-order chi connectivity index (χ0) is 17.5. The molecular weight excluding hydrogens is 300 g/mol. The first kappa shape index (κ1) is 17.9. The first-order valence-electron chi connectivity index (χ1n) is 8.12. The molecule has 0 radical (unpaired) electrons. The molecule has 0 aliphatic heterocycles.